The van der Waals surface area contributed by atoms with Gasteiger partial charge in [-0.1, -0.05) is 0 Å². The first-order valence-electron chi connectivity index (χ1n) is 5.56. The Bertz CT molecular complexity index is 315. The van der Waals surface area contributed by atoms with Crippen LogP contribution in [0.1, 0.15) is 19.8 Å². The lowest BCUT2D eigenvalue weighted by Gasteiger charge is -2.18. The molecule has 0 bridgehead atoms. The van der Waals surface area contributed by atoms with Crippen molar-refractivity contribution in [2.45, 2.75) is 25.8 Å². The Morgan fingerprint density at radius 3 is 2.47 bits per heavy atom. The van der Waals surface area contributed by atoms with Crippen molar-refractivity contribution in [1.29, 1.82) is 0 Å². The molecule has 0 radical (unpaired) electrons. The van der Waals surface area contributed by atoms with E-state index >= 15 is 0 Å². The number of carboxylic acids is 1. The van der Waals surface area contributed by atoms with Gasteiger partial charge in [-0.3, -0.25) is 9.59 Å². The molecule has 7 nitrogen and oxygen atoms in total. The van der Waals surface area contributed by atoms with Crippen LogP contribution in [-0.2, 0) is 9.59 Å². The first-order chi connectivity index (χ1) is 8.02. The highest BCUT2D eigenvalue weighted by Gasteiger charge is 2.23. The van der Waals surface area contributed by atoms with Gasteiger partial charge >= 0.3 is 12.0 Å². The van der Waals surface area contributed by atoms with Crippen LogP contribution in [0.5, 0.6) is 0 Å². The molecule has 3 amide bonds. The number of nitrogens with zero attached hydrogens (tertiary/aromatic N) is 1. The average Bonchev–Trinajstić information content (AvgIpc) is 3.06. The minimum absolute atomic E-state index is 0.120. The minimum Gasteiger partial charge on any atom is -0.480 e. The lowest BCUT2D eigenvalue weighted by atomic mass is 10.5. The lowest BCUT2D eigenvalue weighted by Crippen LogP contribution is -2.46. The molecule has 0 heterocycles. The van der Waals surface area contributed by atoms with E-state index in [1.807, 2.05) is 0 Å². The Morgan fingerprint density at radius 2 is 2.00 bits per heavy atom. The Hall–Kier alpha value is -1.79. The molecule has 1 fully saturated rings. The fourth-order valence-electron chi connectivity index (χ4n) is 1.26. The maximum Gasteiger partial charge on any atom is 0.323 e. The van der Waals surface area contributed by atoms with Gasteiger partial charge in [-0.25, -0.2) is 4.79 Å². The standard InChI is InChI=1S/C10H17N3O4/c1-2-13(6-9(15)16)10(17)11-5-8(14)12-7-3-4-7/h7H,2-6H2,1H3,(H,11,17)(H,12,14)(H,15,16). The van der Waals surface area contributed by atoms with E-state index in [1.165, 1.54) is 0 Å². The molecule has 0 aromatic heterocycles. The zero-order chi connectivity index (χ0) is 12.8. The second-order valence-corrected chi connectivity index (χ2v) is 3.91. The number of carbonyl (C=O) groups is 3. The van der Waals surface area contributed by atoms with Gasteiger partial charge in [0.15, 0.2) is 0 Å². The third kappa shape index (κ3) is 5.19. The van der Waals surface area contributed by atoms with Gasteiger partial charge in [-0.15, -0.1) is 0 Å². The second kappa shape index (κ2) is 6.07. The summed E-state index contributed by atoms with van der Waals surface area (Å²) in [6.45, 7) is 1.47. The summed E-state index contributed by atoms with van der Waals surface area (Å²) in [6.07, 6.45) is 1.97. The fourth-order valence-corrected chi connectivity index (χ4v) is 1.26. The van der Waals surface area contributed by atoms with Crippen molar-refractivity contribution >= 4 is 17.9 Å². The maximum atomic E-state index is 11.5. The first kappa shape index (κ1) is 13.3. The third-order valence-electron chi connectivity index (χ3n) is 2.34. The Kier molecular flexibility index (Phi) is 4.74. The summed E-state index contributed by atoms with van der Waals surface area (Å²) >= 11 is 0. The molecule has 3 N–H and O–H groups in total. The van der Waals surface area contributed by atoms with Crippen molar-refractivity contribution in [3.05, 3.63) is 0 Å². The van der Waals surface area contributed by atoms with E-state index in [-0.39, 0.29) is 31.6 Å². The maximum absolute atomic E-state index is 11.5. The van der Waals surface area contributed by atoms with Gasteiger partial charge in [-0.2, -0.15) is 0 Å². The van der Waals surface area contributed by atoms with E-state index in [4.69, 9.17) is 5.11 Å². The van der Waals surface area contributed by atoms with Crippen LogP contribution in [0.2, 0.25) is 0 Å². The fraction of sp³-hybridized carbons (Fsp3) is 0.700. The topological polar surface area (TPSA) is 98.7 Å². The van der Waals surface area contributed by atoms with Gasteiger partial charge < -0.3 is 20.6 Å². The molecule has 1 saturated carbocycles. The molecular formula is C10H17N3O4. The van der Waals surface area contributed by atoms with Crippen LogP contribution in [0, 0.1) is 0 Å². The molecule has 0 atom stereocenters. The number of hydrogen-bond acceptors (Lipinski definition) is 3. The van der Waals surface area contributed by atoms with Gasteiger partial charge in [0.25, 0.3) is 0 Å². The normalized spacial score (nSPS) is 13.9. The van der Waals surface area contributed by atoms with Gasteiger partial charge in [0, 0.05) is 12.6 Å². The van der Waals surface area contributed by atoms with Crippen molar-refractivity contribution in [1.82, 2.24) is 15.5 Å². The summed E-state index contributed by atoms with van der Waals surface area (Å²) in [7, 11) is 0. The summed E-state index contributed by atoms with van der Waals surface area (Å²) in [5.74, 6) is -1.32. The number of hydrogen-bond donors (Lipinski definition) is 3. The van der Waals surface area contributed by atoms with Crippen molar-refractivity contribution in [3.63, 3.8) is 0 Å². The van der Waals surface area contributed by atoms with Crippen LogP contribution < -0.4 is 10.6 Å². The number of likely N-dealkylation sites (N-methyl/N-ethyl adjacent to an activating group) is 1. The molecule has 0 spiro atoms. The van der Waals surface area contributed by atoms with Crippen molar-refractivity contribution in [2.24, 2.45) is 0 Å². The molecule has 1 aliphatic carbocycles. The number of amides is 3. The molecule has 17 heavy (non-hydrogen) atoms. The van der Waals surface area contributed by atoms with E-state index in [1.54, 1.807) is 6.92 Å². The molecular weight excluding hydrogens is 226 g/mol. The van der Waals surface area contributed by atoms with Crippen molar-refractivity contribution in [2.75, 3.05) is 19.6 Å². The number of rotatable bonds is 6. The third-order valence-corrected chi connectivity index (χ3v) is 2.34. The number of urea groups is 1. The summed E-state index contributed by atoms with van der Waals surface area (Å²) < 4.78 is 0. The quantitative estimate of drug-likeness (QED) is 0.579. The smallest absolute Gasteiger partial charge is 0.323 e. The number of aliphatic carboxylic acids is 1. The molecule has 96 valence electrons. The average molecular weight is 243 g/mol. The summed E-state index contributed by atoms with van der Waals surface area (Å²) in [5, 5.41) is 13.7. The molecule has 0 aliphatic heterocycles. The molecule has 1 aliphatic rings. The summed E-state index contributed by atoms with van der Waals surface area (Å²) in [6, 6.07) is -0.290. The highest BCUT2D eigenvalue weighted by Crippen LogP contribution is 2.18. The highest BCUT2D eigenvalue weighted by atomic mass is 16.4. The number of carbonyl (C=O) groups excluding carboxylic acids is 2. The monoisotopic (exact) mass is 243 g/mol. The van der Waals surface area contributed by atoms with Crippen LogP contribution in [0.4, 0.5) is 4.79 Å². The molecule has 0 unspecified atom stereocenters. The zero-order valence-electron chi connectivity index (χ0n) is 9.73. The second-order valence-electron chi connectivity index (χ2n) is 3.91. The summed E-state index contributed by atoms with van der Waals surface area (Å²) in [4.78, 5) is 34.3. The van der Waals surface area contributed by atoms with Crippen molar-refractivity contribution < 1.29 is 19.5 Å². The van der Waals surface area contributed by atoms with Crippen LogP contribution >= 0.6 is 0 Å². The number of carboxylic acid groups (broad SMARTS) is 1. The van der Waals surface area contributed by atoms with E-state index in [0.29, 0.717) is 0 Å². The van der Waals surface area contributed by atoms with E-state index in [2.05, 4.69) is 10.6 Å². The minimum atomic E-state index is -1.08. The largest absolute Gasteiger partial charge is 0.480 e. The van der Waals surface area contributed by atoms with Crippen LogP contribution in [0.3, 0.4) is 0 Å². The predicted octanol–water partition coefficient (Wildman–Crippen LogP) is -0.619. The van der Waals surface area contributed by atoms with E-state index in [9.17, 15) is 14.4 Å². The van der Waals surface area contributed by atoms with E-state index in [0.717, 1.165) is 17.7 Å². The molecule has 1 rings (SSSR count). The predicted molar refractivity (Wildman–Crippen MR) is 59.4 cm³/mol. The van der Waals surface area contributed by atoms with Crippen LogP contribution in [0.15, 0.2) is 0 Å². The van der Waals surface area contributed by atoms with E-state index < -0.39 is 12.0 Å². The highest BCUT2D eigenvalue weighted by molar-refractivity contribution is 5.85. The zero-order valence-corrected chi connectivity index (χ0v) is 9.73. The summed E-state index contributed by atoms with van der Waals surface area (Å²) in [5.41, 5.74) is 0. The SMILES string of the molecule is CCN(CC(=O)O)C(=O)NCC(=O)NC1CC1. The molecule has 0 aromatic rings. The number of nitrogens with one attached hydrogen (secondary N) is 2. The lowest BCUT2D eigenvalue weighted by molar-refractivity contribution is -0.137. The Labute approximate surface area is 99.2 Å². The molecule has 7 heteroatoms. The first-order valence-corrected chi connectivity index (χ1v) is 5.56. The Morgan fingerprint density at radius 1 is 1.35 bits per heavy atom. The van der Waals surface area contributed by atoms with Gasteiger partial charge in [0.05, 0.1) is 6.54 Å². The van der Waals surface area contributed by atoms with Gasteiger partial charge in [-0.05, 0) is 19.8 Å². The van der Waals surface area contributed by atoms with Gasteiger partial charge in [0.1, 0.15) is 6.54 Å². The van der Waals surface area contributed by atoms with Crippen LogP contribution in [-0.4, -0.2) is 53.6 Å². The molecule has 0 aromatic carbocycles. The Balaban J connectivity index is 2.25. The van der Waals surface area contributed by atoms with Crippen LogP contribution in [0.25, 0.3) is 0 Å². The van der Waals surface area contributed by atoms with Crippen molar-refractivity contribution in [3.8, 4) is 0 Å². The van der Waals surface area contributed by atoms with Gasteiger partial charge in [0.2, 0.25) is 5.91 Å². The molecule has 0 saturated heterocycles.